The second kappa shape index (κ2) is 35.5. The largest absolute Gasteiger partial charge is 0.391 e. The molecule has 1 saturated heterocycles. The number of aliphatic hydroxyl groups excluding tert-OH is 2. The van der Waals surface area contributed by atoms with Crippen molar-refractivity contribution < 1.29 is 63.0 Å². The fraction of sp³-hybridized carbons (Fsp3) is 0.787. The third-order valence-electron chi connectivity index (χ3n) is 15.3. The van der Waals surface area contributed by atoms with Gasteiger partial charge < -0.3 is 66.6 Å². The molecular weight excluding hydrogens is 1090 g/mol. The van der Waals surface area contributed by atoms with Crippen LogP contribution in [0, 0.1) is 41.4 Å². The van der Waals surface area contributed by atoms with Gasteiger partial charge in [-0.05, 0) is 108 Å². The minimum Gasteiger partial charge on any atom is -0.391 e. The molecule has 1 heterocycles. The Morgan fingerprint density at radius 3 is 1.28 bits per heavy atom. The average molecular weight is 1200 g/mol. The highest BCUT2D eigenvalue weighted by atomic mass is 16.3. The lowest BCUT2D eigenvalue weighted by molar-refractivity contribution is -0.155. The van der Waals surface area contributed by atoms with Crippen molar-refractivity contribution in [2.75, 3.05) is 41.8 Å². The maximum Gasteiger partial charge on any atom is 0.248 e. The van der Waals surface area contributed by atoms with Gasteiger partial charge in [-0.3, -0.25) is 52.7 Å². The molecule has 13 atom stereocenters. The zero-order chi connectivity index (χ0) is 65.8. The molecule has 1 fully saturated rings. The van der Waals surface area contributed by atoms with Crippen molar-refractivity contribution in [2.45, 2.75) is 229 Å². The quantitative estimate of drug-likeness (QED) is 0.103. The molecule has 0 saturated carbocycles. The summed E-state index contributed by atoms with van der Waals surface area (Å²) < 4.78 is 0. The van der Waals surface area contributed by atoms with Crippen LogP contribution >= 0.6 is 0 Å². The molecule has 24 heteroatoms. The molecule has 0 aliphatic carbocycles. The van der Waals surface area contributed by atoms with Crippen LogP contribution in [0.4, 0.5) is 0 Å². The number of amides is 11. The number of hydrogen-bond acceptors (Lipinski definition) is 13. The smallest absolute Gasteiger partial charge is 0.248 e. The van der Waals surface area contributed by atoms with E-state index in [4.69, 9.17) is 0 Å². The van der Waals surface area contributed by atoms with Gasteiger partial charge in [-0.15, -0.1) is 0 Å². The number of rotatable bonds is 16. The number of carbonyl (C=O) groups excluding carboxylic acids is 11. The highest BCUT2D eigenvalue weighted by molar-refractivity contribution is 5.99. The van der Waals surface area contributed by atoms with Crippen molar-refractivity contribution in [1.29, 1.82) is 0 Å². The molecule has 0 spiro atoms. The summed E-state index contributed by atoms with van der Waals surface area (Å²) >= 11 is 0. The number of hydrogen-bond donors (Lipinski definition) is 8. The topological polar surface area (TPSA) is 317 Å². The van der Waals surface area contributed by atoms with Crippen LogP contribution in [0.15, 0.2) is 12.2 Å². The van der Waals surface area contributed by atoms with Crippen LogP contribution in [0.2, 0.25) is 0 Å². The molecule has 85 heavy (non-hydrogen) atoms. The number of nitrogens with one attached hydrogen (secondary N) is 6. The van der Waals surface area contributed by atoms with Crippen LogP contribution in [-0.4, -0.2) is 214 Å². The predicted octanol–water partition coefficient (Wildman–Crippen LogP) is 1.95. The van der Waals surface area contributed by atoms with Gasteiger partial charge in [0.15, 0.2) is 0 Å². The van der Waals surface area contributed by atoms with Crippen molar-refractivity contribution in [1.82, 2.24) is 56.4 Å². The second-order valence-corrected chi connectivity index (χ2v) is 26.0. The van der Waals surface area contributed by atoms with Gasteiger partial charge in [-0.2, -0.15) is 0 Å². The van der Waals surface area contributed by atoms with Crippen molar-refractivity contribution >= 4 is 65.0 Å². The number of allylic oxidation sites excluding steroid dienone is 2. The summed E-state index contributed by atoms with van der Waals surface area (Å²) in [5.41, 5.74) is 0. The molecule has 8 N–H and O–H groups in total. The average Bonchev–Trinajstić information content (AvgIpc) is 2.76. The molecule has 0 aromatic rings. The molecule has 0 bridgehead atoms. The van der Waals surface area contributed by atoms with Gasteiger partial charge in [0, 0.05) is 35.2 Å². The SMILES string of the molecule is C/C=C/C[C@@H](C)[C@@H](O)[C@H]1C(=O)N[C@@H]([C@@H](C)O)C(=O)N(C)CC(=O)N(C)[C@@H](CC(C)C)C(=O)N[C@@H](CC(C)C)C(=O)N(C)[C@@H](CC(C)C)C(=O)N[C@@H](C)C(=O)N[C@H](C)C(=O)N[C@@H](CC(C)C)C(=O)N[C@@H](CC(C)C)C(=O)N(C)[C@@H](C(C)C)C(=O)N1C. The third kappa shape index (κ3) is 23.6. The Morgan fingerprint density at radius 2 is 0.835 bits per heavy atom. The lowest BCUT2D eigenvalue weighted by Crippen LogP contribution is -2.64. The summed E-state index contributed by atoms with van der Waals surface area (Å²) in [6.45, 7) is 28.6. The number of likely N-dealkylation sites (N-methyl/N-ethyl adjacent to an activating group) is 5. The van der Waals surface area contributed by atoms with E-state index in [2.05, 4.69) is 31.9 Å². The van der Waals surface area contributed by atoms with Crippen molar-refractivity contribution in [3.63, 3.8) is 0 Å². The molecule has 0 radical (unpaired) electrons. The zero-order valence-electron chi connectivity index (χ0n) is 55.2. The van der Waals surface area contributed by atoms with Gasteiger partial charge in [0.05, 0.1) is 18.8 Å². The van der Waals surface area contributed by atoms with E-state index in [0.717, 1.165) is 14.7 Å². The first-order valence-corrected chi connectivity index (χ1v) is 30.3. The van der Waals surface area contributed by atoms with Gasteiger partial charge in [-0.25, -0.2) is 0 Å². The normalized spacial score (nSPS) is 27.0. The lowest BCUT2D eigenvalue weighted by atomic mass is 9.91. The van der Waals surface area contributed by atoms with Gasteiger partial charge in [-0.1, -0.05) is 102 Å². The second-order valence-electron chi connectivity index (χ2n) is 26.0. The van der Waals surface area contributed by atoms with Crippen molar-refractivity contribution in [3.8, 4) is 0 Å². The first-order valence-electron chi connectivity index (χ1n) is 30.3. The molecule has 11 amide bonds. The third-order valence-corrected chi connectivity index (χ3v) is 15.3. The minimum atomic E-state index is -1.74. The molecule has 1 rings (SSSR count). The lowest BCUT2D eigenvalue weighted by Gasteiger charge is -2.40. The maximum absolute atomic E-state index is 15.0. The maximum atomic E-state index is 15.0. The van der Waals surface area contributed by atoms with Crippen LogP contribution < -0.4 is 31.9 Å². The number of aliphatic hydroxyl groups is 2. The highest BCUT2D eigenvalue weighted by Crippen LogP contribution is 2.24. The van der Waals surface area contributed by atoms with Gasteiger partial charge >= 0.3 is 0 Å². The van der Waals surface area contributed by atoms with E-state index in [-0.39, 0.29) is 68.1 Å². The fourth-order valence-corrected chi connectivity index (χ4v) is 10.3. The van der Waals surface area contributed by atoms with E-state index in [0.29, 0.717) is 0 Å². The first kappa shape index (κ1) is 76.8. The van der Waals surface area contributed by atoms with Crippen LogP contribution in [0.5, 0.6) is 0 Å². The number of carbonyl (C=O) groups is 11. The Balaban J connectivity index is 4.28. The first-order chi connectivity index (χ1) is 39.2. The summed E-state index contributed by atoms with van der Waals surface area (Å²) in [6.07, 6.45) is 1.17. The fourth-order valence-electron chi connectivity index (χ4n) is 10.3. The van der Waals surface area contributed by atoms with E-state index in [1.807, 2.05) is 69.2 Å². The molecule has 0 aromatic carbocycles. The Morgan fingerprint density at radius 1 is 0.447 bits per heavy atom. The molecule has 0 unspecified atom stereocenters. The Bertz CT molecular complexity index is 2310. The number of nitrogens with zero attached hydrogens (tertiary/aromatic N) is 5. The van der Waals surface area contributed by atoms with E-state index in [1.165, 1.54) is 65.8 Å². The standard InChI is InChI=1S/C61H109N11O13/c1-23-24-25-38(14)51(75)50-57(81)67-48(41(17)73)60(84)68(18)31-47(74)69(19)45(29-35(8)9)56(80)66-43(27-33(4)5)58(82)70(20)46(30-36(10)11)55(79)63-39(15)52(76)62-40(16)53(77)64-42(26-32(2)3)54(78)65-44(28-34(6)7)59(83)71(21)49(37(12)13)61(85)72(50)22/h23-24,32-46,48-51,73,75H,25-31H2,1-22H3,(H,62,76)(H,63,79)(H,64,77)(H,65,78)(H,66,80)(H,67,81)/b24-23+/t38-,39+,40-,41-,42+,43+,44+,45+,46+,48+,49+,50+,51-/m1/s1. The molecular formula is C61H109N11O13. The van der Waals surface area contributed by atoms with E-state index in [9.17, 15) is 58.2 Å². The van der Waals surface area contributed by atoms with E-state index < -0.39 is 156 Å². The molecule has 486 valence electrons. The van der Waals surface area contributed by atoms with Gasteiger partial charge in [0.2, 0.25) is 65.0 Å². The highest BCUT2D eigenvalue weighted by Gasteiger charge is 2.45. The van der Waals surface area contributed by atoms with Gasteiger partial charge in [0.25, 0.3) is 0 Å². The van der Waals surface area contributed by atoms with Crippen molar-refractivity contribution in [3.05, 3.63) is 12.2 Å². The molecule has 1 aliphatic rings. The van der Waals surface area contributed by atoms with Crippen LogP contribution in [0.1, 0.15) is 156 Å². The van der Waals surface area contributed by atoms with Crippen LogP contribution in [-0.2, 0) is 52.7 Å². The molecule has 24 nitrogen and oxygen atoms in total. The summed E-state index contributed by atoms with van der Waals surface area (Å²) in [7, 11) is 6.72. The Labute approximate surface area is 506 Å². The summed E-state index contributed by atoms with van der Waals surface area (Å²) in [5.74, 6) is -10.5. The zero-order valence-corrected chi connectivity index (χ0v) is 55.2. The van der Waals surface area contributed by atoms with E-state index in [1.54, 1.807) is 39.8 Å². The minimum absolute atomic E-state index is 0.0908. The van der Waals surface area contributed by atoms with Crippen LogP contribution in [0.3, 0.4) is 0 Å². The predicted molar refractivity (Wildman–Crippen MR) is 325 cm³/mol. The summed E-state index contributed by atoms with van der Waals surface area (Å²) in [5, 5.41) is 39.4. The Kier molecular flexibility index (Phi) is 32.1. The van der Waals surface area contributed by atoms with Crippen molar-refractivity contribution in [2.24, 2.45) is 41.4 Å². The monoisotopic (exact) mass is 1200 g/mol. The summed E-state index contributed by atoms with van der Waals surface area (Å²) in [4.78, 5) is 164. The Hall–Kier alpha value is -6.17. The molecule has 1 aliphatic heterocycles. The summed E-state index contributed by atoms with van der Waals surface area (Å²) in [6, 6.07) is -13.3. The van der Waals surface area contributed by atoms with E-state index >= 15 is 4.79 Å². The van der Waals surface area contributed by atoms with Gasteiger partial charge in [0.1, 0.15) is 60.4 Å². The molecule has 0 aromatic heterocycles. The van der Waals surface area contributed by atoms with Crippen LogP contribution in [0.25, 0.3) is 0 Å².